The number of aromatic nitrogens is 2. The van der Waals surface area contributed by atoms with Crippen molar-refractivity contribution in [2.24, 2.45) is 10.7 Å². The normalized spacial score (nSPS) is 17.7. The summed E-state index contributed by atoms with van der Waals surface area (Å²) in [5.74, 6) is -2.56. The molecule has 1 aromatic rings. The number of carbonyl (C=O) groups is 1. The van der Waals surface area contributed by atoms with Gasteiger partial charge in [0.25, 0.3) is 6.02 Å². The van der Waals surface area contributed by atoms with E-state index in [-0.39, 0.29) is 23.6 Å². The molecule has 0 fully saturated rings. The van der Waals surface area contributed by atoms with E-state index in [0.29, 0.717) is 4.73 Å². The van der Waals surface area contributed by atoms with Crippen LogP contribution >= 0.6 is 0 Å². The fourth-order valence-electron chi connectivity index (χ4n) is 2.19. The highest BCUT2D eigenvalue weighted by atomic mass is 19.4. The fraction of sp³-hybridized carbons (Fsp3) is 0.643. The molecule has 1 aromatic heterocycles. The minimum Gasteiger partial charge on any atom is -0.466 e. The zero-order valence-corrected chi connectivity index (χ0v) is 14.5. The van der Waals surface area contributed by atoms with E-state index >= 15 is 0 Å². The van der Waals surface area contributed by atoms with E-state index in [1.165, 1.54) is 0 Å². The number of unbranched alkanes of at least 4 members (excludes halogenated alkanes) is 1. The average Bonchev–Trinajstić information content (AvgIpc) is 2.90. The number of anilines is 1. The van der Waals surface area contributed by atoms with E-state index in [9.17, 15) is 18.0 Å². The number of ether oxygens (including phenoxy) is 2. The number of nitrogens with one attached hydrogen (secondary N) is 1. The van der Waals surface area contributed by atoms with Gasteiger partial charge >= 0.3 is 18.2 Å². The topological polar surface area (TPSA) is 113 Å². The van der Waals surface area contributed by atoms with Crippen LogP contribution in [0.3, 0.4) is 0 Å². The fourth-order valence-corrected chi connectivity index (χ4v) is 2.19. The smallest absolute Gasteiger partial charge is 0.466 e. The van der Waals surface area contributed by atoms with Crippen LogP contribution in [0.4, 0.5) is 19.0 Å². The Bertz CT molecular complexity index is 689. The van der Waals surface area contributed by atoms with Gasteiger partial charge in [-0.3, -0.25) is 5.32 Å². The number of nitrogens with zero attached hydrogens (tertiary/aromatic N) is 3. The highest BCUT2D eigenvalue weighted by Gasteiger charge is 2.43. The first-order valence-corrected chi connectivity index (χ1v) is 7.90. The van der Waals surface area contributed by atoms with Gasteiger partial charge in [0, 0.05) is 0 Å². The second kappa shape index (κ2) is 7.81. The van der Waals surface area contributed by atoms with Crippen molar-refractivity contribution < 1.29 is 32.3 Å². The number of methoxy groups -OCH3 is 1. The highest BCUT2D eigenvalue weighted by molar-refractivity contribution is 5.91. The van der Waals surface area contributed by atoms with Crippen LogP contribution in [0.5, 0.6) is 6.01 Å². The highest BCUT2D eigenvalue weighted by Crippen LogP contribution is 2.31. The van der Waals surface area contributed by atoms with Crippen molar-refractivity contribution >= 4 is 17.8 Å². The Morgan fingerprint density at radius 3 is 2.73 bits per heavy atom. The summed E-state index contributed by atoms with van der Waals surface area (Å²) in [5.41, 5.74) is 5.91. The first-order chi connectivity index (χ1) is 12.2. The SMILES string of the molecule is CCCC[C@H](C)OC1=NC(N)c2nc(OC)n(OC(=O)C(F)(F)F)c2N1. The minimum absolute atomic E-state index is 0.0135. The van der Waals surface area contributed by atoms with Crippen molar-refractivity contribution in [3.8, 4) is 6.01 Å². The molecule has 3 N–H and O–H groups in total. The summed E-state index contributed by atoms with van der Waals surface area (Å²) >= 11 is 0. The lowest BCUT2D eigenvalue weighted by molar-refractivity contribution is -0.200. The van der Waals surface area contributed by atoms with Gasteiger partial charge in [-0.05, 0) is 13.3 Å². The maximum atomic E-state index is 12.5. The molecule has 1 aliphatic rings. The van der Waals surface area contributed by atoms with E-state index in [4.69, 9.17) is 15.2 Å². The summed E-state index contributed by atoms with van der Waals surface area (Å²) in [6, 6.07) is -0.411. The molecule has 26 heavy (non-hydrogen) atoms. The van der Waals surface area contributed by atoms with Crippen LogP contribution < -0.4 is 20.6 Å². The average molecular weight is 379 g/mol. The first-order valence-electron chi connectivity index (χ1n) is 7.90. The van der Waals surface area contributed by atoms with Crippen LogP contribution in [-0.2, 0) is 9.53 Å². The molecule has 0 saturated carbocycles. The van der Waals surface area contributed by atoms with Gasteiger partial charge in [0.1, 0.15) is 11.9 Å². The third kappa shape index (κ3) is 4.36. The number of fused-ring (bicyclic) bond motifs is 1. The van der Waals surface area contributed by atoms with Crippen molar-refractivity contribution in [3.05, 3.63) is 5.69 Å². The molecule has 146 valence electrons. The van der Waals surface area contributed by atoms with Gasteiger partial charge in [-0.25, -0.2) is 9.79 Å². The van der Waals surface area contributed by atoms with Gasteiger partial charge in [-0.15, -0.1) is 4.73 Å². The summed E-state index contributed by atoms with van der Waals surface area (Å²) in [4.78, 5) is 23.5. The molecule has 0 saturated heterocycles. The van der Waals surface area contributed by atoms with Crippen LogP contribution in [-0.4, -0.2) is 41.1 Å². The molecule has 0 bridgehead atoms. The van der Waals surface area contributed by atoms with E-state index in [1.807, 2.05) is 13.8 Å². The van der Waals surface area contributed by atoms with Gasteiger partial charge in [0.2, 0.25) is 0 Å². The predicted molar refractivity (Wildman–Crippen MR) is 84.5 cm³/mol. The number of alkyl halides is 3. The zero-order valence-electron chi connectivity index (χ0n) is 14.5. The number of amidine groups is 1. The predicted octanol–water partition coefficient (Wildman–Crippen LogP) is 1.74. The maximum Gasteiger partial charge on any atom is 0.493 e. The Morgan fingerprint density at radius 1 is 1.46 bits per heavy atom. The van der Waals surface area contributed by atoms with E-state index in [0.717, 1.165) is 26.4 Å². The lowest BCUT2D eigenvalue weighted by Gasteiger charge is -2.22. The number of imidazole rings is 1. The number of aliphatic imine (C=N–C) groups is 1. The summed E-state index contributed by atoms with van der Waals surface area (Å²) in [7, 11) is 1.16. The molecule has 0 amide bonds. The third-order valence-corrected chi connectivity index (χ3v) is 3.46. The van der Waals surface area contributed by atoms with E-state index in [1.54, 1.807) is 0 Å². The molecule has 9 nitrogen and oxygen atoms in total. The van der Waals surface area contributed by atoms with Crippen molar-refractivity contribution in [1.82, 2.24) is 9.71 Å². The van der Waals surface area contributed by atoms with Crippen LogP contribution in [0.2, 0.25) is 0 Å². The molecular formula is C14H20F3N5O4. The molecular weight excluding hydrogens is 359 g/mol. The molecule has 0 spiro atoms. The number of hydrogen-bond donors (Lipinski definition) is 2. The Balaban J connectivity index is 2.25. The molecule has 2 heterocycles. The molecule has 0 aliphatic carbocycles. The summed E-state index contributed by atoms with van der Waals surface area (Å²) in [6.45, 7) is 3.85. The molecule has 2 rings (SSSR count). The lowest BCUT2D eigenvalue weighted by Crippen LogP contribution is -2.36. The van der Waals surface area contributed by atoms with E-state index in [2.05, 4.69) is 20.1 Å². The monoisotopic (exact) mass is 379 g/mol. The van der Waals surface area contributed by atoms with Crippen LogP contribution in [0.25, 0.3) is 0 Å². The van der Waals surface area contributed by atoms with Gasteiger partial charge in [-0.2, -0.15) is 18.2 Å². The number of halogens is 3. The minimum atomic E-state index is -5.19. The molecule has 0 aromatic carbocycles. The Labute approximate surface area is 147 Å². The van der Waals surface area contributed by atoms with Crippen LogP contribution in [0, 0.1) is 0 Å². The van der Waals surface area contributed by atoms with Crippen molar-refractivity contribution in [2.75, 3.05) is 12.4 Å². The van der Waals surface area contributed by atoms with Crippen LogP contribution in [0.1, 0.15) is 45.0 Å². The Kier molecular flexibility index (Phi) is 5.95. The summed E-state index contributed by atoms with van der Waals surface area (Å²) in [5, 5.41) is 2.64. The lowest BCUT2D eigenvalue weighted by atomic mass is 10.2. The molecule has 0 radical (unpaired) electrons. The van der Waals surface area contributed by atoms with Crippen molar-refractivity contribution in [3.63, 3.8) is 0 Å². The molecule has 1 unspecified atom stereocenters. The van der Waals surface area contributed by atoms with Gasteiger partial charge < -0.3 is 20.0 Å². The number of carbonyl (C=O) groups excluding carboxylic acids is 1. The van der Waals surface area contributed by atoms with Crippen molar-refractivity contribution in [2.45, 2.75) is 51.6 Å². The second-order valence-corrected chi connectivity index (χ2v) is 5.58. The Hall–Kier alpha value is -2.50. The molecule has 2 atom stereocenters. The maximum absolute atomic E-state index is 12.5. The molecule has 1 aliphatic heterocycles. The number of hydrogen-bond acceptors (Lipinski definition) is 8. The molecule has 12 heteroatoms. The summed E-state index contributed by atoms with van der Waals surface area (Å²) in [6.07, 6.45) is -3.76. The largest absolute Gasteiger partial charge is 0.493 e. The second-order valence-electron chi connectivity index (χ2n) is 5.58. The standard InChI is InChI=1S/C14H20F3N5O4/c1-4-5-6-7(2)25-12-20-9(18)8-10(21-12)22(13(19-8)24-3)26-11(23)14(15,16)17/h7,9H,4-6,18H2,1-3H3,(H,20,21)/t7-,9?/m0/s1. The number of rotatable bonds is 6. The van der Waals surface area contributed by atoms with Gasteiger partial charge in [-0.1, -0.05) is 19.8 Å². The van der Waals surface area contributed by atoms with E-state index < -0.39 is 24.3 Å². The third-order valence-electron chi connectivity index (χ3n) is 3.46. The van der Waals surface area contributed by atoms with Crippen LogP contribution in [0.15, 0.2) is 4.99 Å². The number of nitrogens with two attached hydrogens (primary N) is 1. The summed E-state index contributed by atoms with van der Waals surface area (Å²) < 4.78 is 48.5. The van der Waals surface area contributed by atoms with Crippen molar-refractivity contribution in [1.29, 1.82) is 0 Å². The first kappa shape index (κ1) is 19.8. The Morgan fingerprint density at radius 2 is 2.15 bits per heavy atom. The zero-order chi connectivity index (χ0) is 19.5. The van der Waals surface area contributed by atoms with Gasteiger partial charge in [0.15, 0.2) is 5.82 Å². The van der Waals surface area contributed by atoms with Gasteiger partial charge in [0.05, 0.1) is 13.2 Å². The quantitative estimate of drug-likeness (QED) is 0.774.